The molecule has 78 valence electrons. The van der Waals surface area contributed by atoms with E-state index in [1.54, 1.807) is 0 Å². The Balaban J connectivity index is 4.66. The third-order valence-corrected chi connectivity index (χ3v) is 2.59. The van der Waals surface area contributed by atoms with Crippen molar-refractivity contribution in [2.24, 2.45) is 11.3 Å². The second-order valence-corrected chi connectivity index (χ2v) is 5.13. The maximum absolute atomic E-state index is 10.3. The molecule has 0 bridgehead atoms. The predicted molar refractivity (Wildman–Crippen MR) is 58.7 cm³/mol. The van der Waals surface area contributed by atoms with Crippen LogP contribution in [0.25, 0.3) is 0 Å². The van der Waals surface area contributed by atoms with Crippen LogP contribution in [-0.2, 0) is 0 Å². The third kappa shape index (κ3) is 3.51. The molecule has 1 heteroatoms. The molecule has 0 heterocycles. The maximum Gasteiger partial charge on any atom is 0.0873 e. The SMILES string of the molecule is CCC(O)(/C=C/C(C)C)C(C)(C)C. The van der Waals surface area contributed by atoms with Crippen LogP contribution >= 0.6 is 0 Å². The molecular formula is C12H24O. The molecule has 1 nitrogen and oxygen atoms in total. The first-order valence-corrected chi connectivity index (χ1v) is 5.14. The molecule has 0 aromatic heterocycles. The summed E-state index contributed by atoms with van der Waals surface area (Å²) in [4.78, 5) is 0. The highest BCUT2D eigenvalue weighted by Gasteiger charge is 2.35. The van der Waals surface area contributed by atoms with Gasteiger partial charge in [-0.2, -0.15) is 0 Å². The summed E-state index contributed by atoms with van der Waals surface area (Å²) in [5, 5.41) is 10.3. The van der Waals surface area contributed by atoms with Gasteiger partial charge in [0.2, 0.25) is 0 Å². The minimum atomic E-state index is -0.669. The van der Waals surface area contributed by atoms with Gasteiger partial charge in [0.15, 0.2) is 0 Å². The highest BCUT2D eigenvalue weighted by Crippen LogP contribution is 2.34. The van der Waals surface area contributed by atoms with Gasteiger partial charge in [-0.15, -0.1) is 0 Å². The van der Waals surface area contributed by atoms with Crippen molar-refractivity contribution >= 4 is 0 Å². The van der Waals surface area contributed by atoms with Crippen LogP contribution < -0.4 is 0 Å². The monoisotopic (exact) mass is 184 g/mol. The third-order valence-electron chi connectivity index (χ3n) is 2.59. The normalized spacial score (nSPS) is 18.2. The standard InChI is InChI=1S/C12H24O/c1-7-12(13,11(4,5)6)9-8-10(2)3/h8-10,13H,7H2,1-6H3/b9-8+. The van der Waals surface area contributed by atoms with Crippen LogP contribution in [0.3, 0.4) is 0 Å². The molecule has 0 rings (SSSR count). The summed E-state index contributed by atoms with van der Waals surface area (Å²) in [6.07, 6.45) is 4.80. The summed E-state index contributed by atoms with van der Waals surface area (Å²) < 4.78 is 0. The van der Waals surface area contributed by atoms with E-state index in [1.165, 1.54) is 0 Å². The van der Waals surface area contributed by atoms with Gasteiger partial charge >= 0.3 is 0 Å². The molecule has 0 aliphatic carbocycles. The average molecular weight is 184 g/mol. The summed E-state index contributed by atoms with van der Waals surface area (Å²) in [6, 6.07) is 0. The lowest BCUT2D eigenvalue weighted by Crippen LogP contribution is -2.40. The van der Waals surface area contributed by atoms with E-state index in [0.29, 0.717) is 5.92 Å². The maximum atomic E-state index is 10.3. The van der Waals surface area contributed by atoms with Crippen molar-refractivity contribution in [3.8, 4) is 0 Å². The molecule has 1 N–H and O–H groups in total. The molecular weight excluding hydrogens is 160 g/mol. The molecule has 0 saturated carbocycles. The zero-order valence-corrected chi connectivity index (χ0v) is 9.89. The van der Waals surface area contributed by atoms with Crippen molar-refractivity contribution in [2.45, 2.75) is 53.6 Å². The van der Waals surface area contributed by atoms with Crippen molar-refractivity contribution < 1.29 is 5.11 Å². The first kappa shape index (κ1) is 12.7. The van der Waals surface area contributed by atoms with Crippen molar-refractivity contribution in [3.63, 3.8) is 0 Å². The number of hydrogen-bond acceptors (Lipinski definition) is 1. The Bertz CT molecular complexity index is 174. The Morgan fingerprint density at radius 3 is 1.92 bits per heavy atom. The van der Waals surface area contributed by atoms with Gasteiger partial charge in [-0.05, 0) is 17.8 Å². The Hall–Kier alpha value is -0.300. The van der Waals surface area contributed by atoms with Crippen LogP contribution in [0.4, 0.5) is 0 Å². The highest BCUT2D eigenvalue weighted by atomic mass is 16.3. The van der Waals surface area contributed by atoms with E-state index < -0.39 is 5.60 Å². The zero-order valence-electron chi connectivity index (χ0n) is 9.89. The van der Waals surface area contributed by atoms with Crippen LogP contribution in [0.2, 0.25) is 0 Å². The molecule has 0 fully saturated rings. The zero-order chi connectivity index (χ0) is 10.7. The minimum Gasteiger partial charge on any atom is -0.385 e. The smallest absolute Gasteiger partial charge is 0.0873 e. The van der Waals surface area contributed by atoms with Gasteiger partial charge in [-0.1, -0.05) is 53.7 Å². The van der Waals surface area contributed by atoms with Gasteiger partial charge in [-0.3, -0.25) is 0 Å². The number of allylic oxidation sites excluding steroid dienone is 1. The van der Waals surface area contributed by atoms with Gasteiger partial charge < -0.3 is 5.11 Å². The van der Waals surface area contributed by atoms with Crippen molar-refractivity contribution in [1.29, 1.82) is 0 Å². The lowest BCUT2D eigenvalue weighted by molar-refractivity contribution is -0.0170. The molecule has 0 aliphatic rings. The molecule has 0 aliphatic heterocycles. The summed E-state index contributed by atoms with van der Waals surface area (Å²) in [5.41, 5.74) is -0.760. The minimum absolute atomic E-state index is 0.0901. The first-order chi connectivity index (χ1) is 5.73. The Labute approximate surface area is 82.9 Å². The fraction of sp³-hybridized carbons (Fsp3) is 0.833. The highest BCUT2D eigenvalue weighted by molar-refractivity contribution is 5.07. The second-order valence-electron chi connectivity index (χ2n) is 5.13. The second kappa shape index (κ2) is 4.28. The summed E-state index contributed by atoms with van der Waals surface area (Å²) in [7, 11) is 0. The van der Waals surface area contributed by atoms with E-state index in [0.717, 1.165) is 6.42 Å². The van der Waals surface area contributed by atoms with Gasteiger partial charge in [0.05, 0.1) is 5.60 Å². The summed E-state index contributed by atoms with van der Waals surface area (Å²) in [6.45, 7) is 12.5. The van der Waals surface area contributed by atoms with Crippen LogP contribution in [0, 0.1) is 11.3 Å². The lowest BCUT2D eigenvalue weighted by Gasteiger charge is -2.37. The van der Waals surface area contributed by atoms with E-state index in [2.05, 4.69) is 40.7 Å². The molecule has 13 heavy (non-hydrogen) atoms. The number of rotatable bonds is 3. The molecule has 1 atom stereocenters. The van der Waals surface area contributed by atoms with Gasteiger partial charge in [-0.25, -0.2) is 0 Å². The molecule has 0 aromatic carbocycles. The van der Waals surface area contributed by atoms with Crippen LogP contribution in [0.1, 0.15) is 48.0 Å². The van der Waals surface area contributed by atoms with E-state index in [4.69, 9.17) is 0 Å². The first-order valence-electron chi connectivity index (χ1n) is 5.14. The molecule has 0 spiro atoms. The predicted octanol–water partition coefficient (Wildman–Crippen LogP) is 3.39. The summed E-state index contributed by atoms with van der Waals surface area (Å²) >= 11 is 0. The Morgan fingerprint density at radius 2 is 1.69 bits per heavy atom. The Morgan fingerprint density at radius 1 is 1.23 bits per heavy atom. The van der Waals surface area contributed by atoms with Crippen molar-refractivity contribution in [3.05, 3.63) is 12.2 Å². The van der Waals surface area contributed by atoms with Crippen LogP contribution in [-0.4, -0.2) is 10.7 Å². The molecule has 0 radical (unpaired) electrons. The van der Waals surface area contributed by atoms with E-state index >= 15 is 0 Å². The molecule has 0 aromatic rings. The molecule has 0 amide bonds. The van der Waals surface area contributed by atoms with Gasteiger partial charge in [0, 0.05) is 0 Å². The quantitative estimate of drug-likeness (QED) is 0.667. The van der Waals surface area contributed by atoms with Gasteiger partial charge in [0.1, 0.15) is 0 Å². The fourth-order valence-corrected chi connectivity index (χ4v) is 1.25. The summed E-state index contributed by atoms with van der Waals surface area (Å²) in [5.74, 6) is 0.500. The van der Waals surface area contributed by atoms with Crippen LogP contribution in [0.5, 0.6) is 0 Å². The Kier molecular flexibility index (Phi) is 4.18. The fourth-order valence-electron chi connectivity index (χ4n) is 1.25. The number of aliphatic hydroxyl groups is 1. The molecule has 1 unspecified atom stereocenters. The van der Waals surface area contributed by atoms with Crippen molar-refractivity contribution in [2.75, 3.05) is 0 Å². The largest absolute Gasteiger partial charge is 0.385 e. The van der Waals surface area contributed by atoms with E-state index in [1.807, 2.05) is 13.0 Å². The lowest BCUT2D eigenvalue weighted by atomic mass is 9.74. The average Bonchev–Trinajstić information content (AvgIpc) is 1.98. The van der Waals surface area contributed by atoms with Gasteiger partial charge in [0.25, 0.3) is 0 Å². The topological polar surface area (TPSA) is 20.2 Å². The molecule has 0 saturated heterocycles. The van der Waals surface area contributed by atoms with Crippen LogP contribution in [0.15, 0.2) is 12.2 Å². The van der Waals surface area contributed by atoms with E-state index in [-0.39, 0.29) is 5.41 Å². The van der Waals surface area contributed by atoms with E-state index in [9.17, 15) is 5.11 Å². The number of hydrogen-bond donors (Lipinski definition) is 1. The van der Waals surface area contributed by atoms with Crippen molar-refractivity contribution in [1.82, 2.24) is 0 Å².